The molecule has 1 aromatic heterocycles. The first-order valence-electron chi connectivity index (χ1n) is 8.32. The minimum Gasteiger partial charge on any atom is -0.383 e. The number of aromatic nitrogens is 1. The maximum absolute atomic E-state index is 12.6. The van der Waals surface area contributed by atoms with Gasteiger partial charge < -0.3 is 10.1 Å². The number of nitrogens with zero attached hydrogens (tertiary/aromatic N) is 2. The van der Waals surface area contributed by atoms with Gasteiger partial charge in [0.2, 0.25) is 10.0 Å². The third-order valence-electron chi connectivity index (χ3n) is 4.14. The fourth-order valence-electron chi connectivity index (χ4n) is 2.85. The summed E-state index contributed by atoms with van der Waals surface area (Å²) in [5, 5.41) is 6.08. The van der Waals surface area contributed by atoms with Gasteiger partial charge in [0.15, 0.2) is 5.13 Å². The maximum Gasteiger partial charge on any atom is 0.243 e. The summed E-state index contributed by atoms with van der Waals surface area (Å²) in [6, 6.07) is 7.16. The molecule has 1 unspecified atom stereocenters. The first-order valence-corrected chi connectivity index (χ1v) is 10.6. The van der Waals surface area contributed by atoms with Crippen LogP contribution in [0.1, 0.15) is 19.8 Å². The number of rotatable bonds is 7. The monoisotopic (exact) mass is 381 g/mol. The summed E-state index contributed by atoms with van der Waals surface area (Å²) in [4.78, 5) is 4.91. The van der Waals surface area contributed by atoms with Crippen LogP contribution in [-0.4, -0.2) is 50.6 Å². The number of hydrogen-bond acceptors (Lipinski definition) is 6. The largest absolute Gasteiger partial charge is 0.383 e. The summed E-state index contributed by atoms with van der Waals surface area (Å²) < 4.78 is 31.8. The molecule has 2 heterocycles. The van der Waals surface area contributed by atoms with Gasteiger partial charge in [-0.1, -0.05) is 12.1 Å². The lowest BCUT2D eigenvalue weighted by atomic mass is 10.2. The van der Waals surface area contributed by atoms with E-state index in [-0.39, 0.29) is 6.04 Å². The summed E-state index contributed by atoms with van der Waals surface area (Å²) in [6.45, 7) is 3.87. The average Bonchev–Trinajstić information content (AvgIpc) is 3.27. The minimum atomic E-state index is -3.37. The van der Waals surface area contributed by atoms with E-state index >= 15 is 0 Å². The van der Waals surface area contributed by atoms with Crippen LogP contribution < -0.4 is 5.32 Å². The number of methoxy groups -OCH3 is 1. The SMILES string of the molecule is COCC(C)Nc1nc(-c2ccc(S(=O)(=O)N3CCCC3)cc2)cs1. The van der Waals surface area contributed by atoms with Gasteiger partial charge in [-0.3, -0.25) is 0 Å². The molecule has 0 spiro atoms. The molecule has 0 bridgehead atoms. The Morgan fingerprint density at radius 2 is 1.96 bits per heavy atom. The highest BCUT2D eigenvalue weighted by molar-refractivity contribution is 7.89. The van der Waals surface area contributed by atoms with Crippen LogP contribution in [0.5, 0.6) is 0 Å². The Morgan fingerprint density at radius 3 is 2.60 bits per heavy atom. The lowest BCUT2D eigenvalue weighted by Crippen LogP contribution is -2.27. The number of benzene rings is 1. The van der Waals surface area contributed by atoms with E-state index in [1.165, 1.54) is 11.3 Å². The molecule has 1 N–H and O–H groups in total. The first kappa shape index (κ1) is 18.3. The highest BCUT2D eigenvalue weighted by Gasteiger charge is 2.26. The molecule has 1 aliphatic heterocycles. The van der Waals surface area contributed by atoms with Crippen molar-refractivity contribution in [1.82, 2.24) is 9.29 Å². The van der Waals surface area contributed by atoms with Gasteiger partial charge in [0.05, 0.1) is 17.2 Å². The molecule has 3 rings (SSSR count). The Hall–Kier alpha value is -1.48. The minimum absolute atomic E-state index is 0.178. The van der Waals surface area contributed by atoms with Crippen LogP contribution >= 0.6 is 11.3 Å². The van der Waals surface area contributed by atoms with Crippen LogP contribution in [0.2, 0.25) is 0 Å². The number of ether oxygens (including phenoxy) is 1. The van der Waals surface area contributed by atoms with Crippen molar-refractivity contribution in [2.45, 2.75) is 30.7 Å². The number of sulfonamides is 1. The fraction of sp³-hybridized carbons (Fsp3) is 0.471. The van der Waals surface area contributed by atoms with Crippen molar-refractivity contribution in [2.24, 2.45) is 0 Å². The molecule has 1 atom stereocenters. The molecule has 6 nitrogen and oxygen atoms in total. The topological polar surface area (TPSA) is 71.5 Å². The molecule has 0 saturated carbocycles. The Bertz CT molecular complexity index is 797. The molecule has 25 heavy (non-hydrogen) atoms. The summed E-state index contributed by atoms with van der Waals surface area (Å²) in [6.07, 6.45) is 1.88. The predicted octanol–water partition coefficient (Wildman–Crippen LogP) is 3.04. The van der Waals surface area contributed by atoms with Crippen molar-refractivity contribution in [3.8, 4) is 11.3 Å². The van der Waals surface area contributed by atoms with Crippen molar-refractivity contribution in [1.29, 1.82) is 0 Å². The normalized spacial score (nSPS) is 16.9. The highest BCUT2D eigenvalue weighted by atomic mass is 32.2. The predicted molar refractivity (Wildman–Crippen MR) is 101 cm³/mol. The first-order chi connectivity index (χ1) is 12.0. The van der Waals surface area contributed by atoms with Crippen LogP contribution in [0.3, 0.4) is 0 Å². The maximum atomic E-state index is 12.6. The van der Waals surface area contributed by atoms with Gasteiger partial charge in [0.25, 0.3) is 0 Å². The van der Waals surface area contributed by atoms with Crippen LogP contribution in [0.25, 0.3) is 11.3 Å². The van der Waals surface area contributed by atoms with Crippen LogP contribution in [-0.2, 0) is 14.8 Å². The average molecular weight is 382 g/mol. The van der Waals surface area contributed by atoms with Crippen molar-refractivity contribution in [3.05, 3.63) is 29.6 Å². The Labute approximate surface area is 152 Å². The van der Waals surface area contributed by atoms with Crippen LogP contribution in [0, 0.1) is 0 Å². The van der Waals surface area contributed by atoms with Gasteiger partial charge in [-0.2, -0.15) is 4.31 Å². The molecule has 1 fully saturated rings. The molecule has 0 amide bonds. The second-order valence-electron chi connectivity index (χ2n) is 6.17. The lowest BCUT2D eigenvalue weighted by Gasteiger charge is -2.15. The summed E-state index contributed by atoms with van der Waals surface area (Å²) in [5.74, 6) is 0. The summed E-state index contributed by atoms with van der Waals surface area (Å²) in [7, 11) is -1.70. The van der Waals surface area contributed by atoms with E-state index in [2.05, 4.69) is 10.3 Å². The zero-order valence-corrected chi connectivity index (χ0v) is 16.1. The smallest absolute Gasteiger partial charge is 0.243 e. The van der Waals surface area contributed by atoms with Gasteiger partial charge in [-0.05, 0) is 31.9 Å². The summed E-state index contributed by atoms with van der Waals surface area (Å²) >= 11 is 1.52. The number of anilines is 1. The van der Waals surface area contributed by atoms with E-state index in [0.717, 1.165) is 29.2 Å². The molecule has 1 aromatic carbocycles. The molecule has 1 aliphatic rings. The third-order valence-corrected chi connectivity index (χ3v) is 6.83. The molecular weight excluding hydrogens is 358 g/mol. The number of hydrogen-bond donors (Lipinski definition) is 1. The van der Waals surface area contributed by atoms with Crippen molar-refractivity contribution in [2.75, 3.05) is 32.1 Å². The lowest BCUT2D eigenvalue weighted by molar-refractivity contribution is 0.190. The number of nitrogens with one attached hydrogen (secondary N) is 1. The molecule has 8 heteroatoms. The highest BCUT2D eigenvalue weighted by Crippen LogP contribution is 2.27. The van der Waals surface area contributed by atoms with E-state index in [1.54, 1.807) is 23.5 Å². The summed E-state index contributed by atoms with van der Waals surface area (Å²) in [5.41, 5.74) is 1.74. The van der Waals surface area contributed by atoms with Gasteiger partial charge in [0, 0.05) is 37.2 Å². The fourth-order valence-corrected chi connectivity index (χ4v) is 5.20. The van der Waals surface area contributed by atoms with Crippen molar-refractivity contribution < 1.29 is 13.2 Å². The van der Waals surface area contributed by atoms with Crippen molar-refractivity contribution in [3.63, 3.8) is 0 Å². The van der Waals surface area contributed by atoms with E-state index in [9.17, 15) is 8.42 Å². The van der Waals surface area contributed by atoms with E-state index in [1.807, 2.05) is 24.4 Å². The second-order valence-corrected chi connectivity index (χ2v) is 8.97. The van der Waals surface area contributed by atoms with Gasteiger partial charge in [0.1, 0.15) is 0 Å². The Kier molecular flexibility index (Phi) is 5.73. The molecule has 0 aliphatic carbocycles. The Morgan fingerprint density at radius 1 is 1.28 bits per heavy atom. The molecular formula is C17H23N3O3S2. The quantitative estimate of drug-likeness (QED) is 0.798. The van der Waals surface area contributed by atoms with E-state index < -0.39 is 10.0 Å². The van der Waals surface area contributed by atoms with Gasteiger partial charge in [-0.25, -0.2) is 13.4 Å². The standard InChI is InChI=1S/C17H23N3O3S2/c1-13(11-23-2)18-17-19-16(12-24-17)14-5-7-15(8-6-14)25(21,22)20-9-3-4-10-20/h5-8,12-13H,3-4,9-11H2,1-2H3,(H,18,19). The third kappa shape index (κ3) is 4.20. The molecule has 2 aromatic rings. The van der Waals surface area contributed by atoms with Gasteiger partial charge in [-0.15, -0.1) is 11.3 Å². The van der Waals surface area contributed by atoms with E-state index in [4.69, 9.17) is 4.74 Å². The zero-order valence-electron chi connectivity index (χ0n) is 14.4. The Balaban J connectivity index is 1.73. The van der Waals surface area contributed by atoms with E-state index in [0.29, 0.717) is 24.6 Å². The zero-order chi connectivity index (χ0) is 17.9. The molecule has 0 radical (unpaired) electrons. The van der Waals surface area contributed by atoms with Crippen LogP contribution in [0.4, 0.5) is 5.13 Å². The molecule has 1 saturated heterocycles. The van der Waals surface area contributed by atoms with Crippen LogP contribution in [0.15, 0.2) is 34.5 Å². The van der Waals surface area contributed by atoms with Gasteiger partial charge >= 0.3 is 0 Å². The molecule has 136 valence electrons. The number of thiazole rings is 1. The second kappa shape index (κ2) is 7.82. The van der Waals surface area contributed by atoms with Crippen molar-refractivity contribution >= 4 is 26.5 Å².